The number of rotatable bonds is 2. The summed E-state index contributed by atoms with van der Waals surface area (Å²) < 4.78 is 1.44. The Morgan fingerprint density at radius 2 is 2.09 bits per heavy atom. The van der Waals surface area contributed by atoms with E-state index in [4.69, 9.17) is 5.73 Å². The van der Waals surface area contributed by atoms with Gasteiger partial charge in [-0.1, -0.05) is 0 Å². The topological polar surface area (TPSA) is 99.6 Å². The Morgan fingerprint density at radius 3 is 2.82 bits per heavy atom. The van der Waals surface area contributed by atoms with Crippen LogP contribution in [0.25, 0.3) is 16.7 Å². The van der Waals surface area contributed by atoms with Crippen LogP contribution in [0.4, 0.5) is 5.82 Å². The average molecular weight is 294 g/mol. The lowest BCUT2D eigenvalue weighted by Crippen LogP contribution is -2.25. The first-order valence-electron chi connectivity index (χ1n) is 7.11. The van der Waals surface area contributed by atoms with Crippen molar-refractivity contribution < 1.29 is 0 Å². The fraction of sp³-hybridized carbons (Fsp3) is 0.267. The maximum Gasteiger partial charge on any atom is 0.355 e. The molecule has 1 aliphatic rings. The van der Waals surface area contributed by atoms with Crippen LogP contribution in [-0.4, -0.2) is 24.5 Å². The molecule has 7 heteroatoms. The van der Waals surface area contributed by atoms with Crippen molar-refractivity contribution in [3.63, 3.8) is 0 Å². The molecule has 0 saturated heterocycles. The fourth-order valence-electron chi connectivity index (χ4n) is 2.56. The molecule has 0 unspecified atom stereocenters. The smallest absolute Gasteiger partial charge is 0.355 e. The van der Waals surface area contributed by atoms with E-state index in [9.17, 15) is 4.79 Å². The maximum absolute atomic E-state index is 12.4. The van der Waals surface area contributed by atoms with Gasteiger partial charge in [0.2, 0.25) is 0 Å². The number of aryl methyl sites for hydroxylation is 1. The van der Waals surface area contributed by atoms with Crippen LogP contribution < -0.4 is 11.4 Å². The number of nitrogens with two attached hydrogens (primary N) is 1. The van der Waals surface area contributed by atoms with E-state index < -0.39 is 5.69 Å². The first-order valence-corrected chi connectivity index (χ1v) is 7.11. The van der Waals surface area contributed by atoms with E-state index in [0.29, 0.717) is 28.3 Å². The Hall–Kier alpha value is -2.83. The summed E-state index contributed by atoms with van der Waals surface area (Å²) in [4.78, 5) is 29.1. The molecule has 2 N–H and O–H groups in total. The number of aromatic nitrogens is 5. The van der Waals surface area contributed by atoms with E-state index >= 15 is 0 Å². The Kier molecular flexibility index (Phi) is 2.69. The zero-order chi connectivity index (χ0) is 15.3. The van der Waals surface area contributed by atoms with E-state index in [1.54, 1.807) is 6.20 Å². The number of hydrogen-bond acceptors (Lipinski definition) is 6. The van der Waals surface area contributed by atoms with Crippen molar-refractivity contribution in [1.29, 1.82) is 0 Å². The minimum atomic E-state index is -0.469. The van der Waals surface area contributed by atoms with Gasteiger partial charge in [-0.3, -0.25) is 0 Å². The first kappa shape index (κ1) is 12.9. The summed E-state index contributed by atoms with van der Waals surface area (Å²) in [5.41, 5.74) is 8.18. The molecule has 0 radical (unpaired) electrons. The van der Waals surface area contributed by atoms with Crippen molar-refractivity contribution in [2.75, 3.05) is 5.73 Å². The molecule has 1 saturated carbocycles. The highest BCUT2D eigenvalue weighted by Gasteiger charge is 2.26. The third-order valence-electron chi connectivity index (χ3n) is 3.91. The minimum absolute atomic E-state index is 0.195. The van der Waals surface area contributed by atoms with Gasteiger partial charge >= 0.3 is 5.69 Å². The highest BCUT2D eigenvalue weighted by atomic mass is 16.1. The third kappa shape index (κ3) is 1.93. The summed E-state index contributed by atoms with van der Waals surface area (Å²) in [7, 11) is 0. The van der Waals surface area contributed by atoms with Crippen LogP contribution in [-0.2, 0) is 0 Å². The van der Waals surface area contributed by atoms with Crippen LogP contribution >= 0.6 is 0 Å². The van der Waals surface area contributed by atoms with Crippen LogP contribution in [0.3, 0.4) is 0 Å². The third-order valence-corrected chi connectivity index (χ3v) is 3.91. The van der Waals surface area contributed by atoms with Gasteiger partial charge in [-0.25, -0.2) is 24.3 Å². The molecule has 1 fully saturated rings. The van der Waals surface area contributed by atoms with Crippen molar-refractivity contribution in [1.82, 2.24) is 24.5 Å². The molecular weight excluding hydrogens is 280 g/mol. The fourth-order valence-corrected chi connectivity index (χ4v) is 2.56. The Labute approximate surface area is 125 Å². The van der Waals surface area contributed by atoms with E-state index in [-0.39, 0.29) is 5.82 Å². The molecule has 22 heavy (non-hydrogen) atoms. The molecule has 110 valence electrons. The molecule has 4 rings (SSSR count). The van der Waals surface area contributed by atoms with Gasteiger partial charge in [0.25, 0.3) is 0 Å². The monoisotopic (exact) mass is 294 g/mol. The largest absolute Gasteiger partial charge is 0.383 e. The summed E-state index contributed by atoms with van der Waals surface area (Å²) >= 11 is 0. The lowest BCUT2D eigenvalue weighted by atomic mass is 10.2. The first-order chi connectivity index (χ1) is 10.6. The van der Waals surface area contributed by atoms with Crippen molar-refractivity contribution in [2.45, 2.75) is 25.7 Å². The summed E-state index contributed by atoms with van der Waals surface area (Å²) in [5.74, 6) is 0.677. The summed E-state index contributed by atoms with van der Waals surface area (Å²) in [5, 5.41) is 0.659. The van der Waals surface area contributed by atoms with E-state index in [1.807, 2.05) is 19.1 Å². The SMILES string of the molecule is Cc1ncncc1-n1c(=O)nc(N)c2ccc(C3CC3)nc21. The Bertz CT molecular complexity index is 944. The number of nitrogen functional groups attached to an aromatic ring is 1. The van der Waals surface area contributed by atoms with Gasteiger partial charge in [-0.05, 0) is 31.9 Å². The highest BCUT2D eigenvalue weighted by molar-refractivity contribution is 5.86. The van der Waals surface area contributed by atoms with Crippen LogP contribution in [0, 0.1) is 6.92 Å². The molecule has 1 aliphatic carbocycles. The van der Waals surface area contributed by atoms with Gasteiger partial charge < -0.3 is 5.73 Å². The molecular formula is C15H14N6O. The number of nitrogens with zero attached hydrogens (tertiary/aromatic N) is 5. The maximum atomic E-state index is 12.4. The van der Waals surface area contributed by atoms with Gasteiger partial charge in [0.15, 0.2) is 5.65 Å². The Balaban J connectivity index is 2.10. The quantitative estimate of drug-likeness (QED) is 0.765. The van der Waals surface area contributed by atoms with Crippen molar-refractivity contribution in [3.8, 4) is 5.69 Å². The molecule has 0 aromatic carbocycles. The molecule has 0 spiro atoms. The number of fused-ring (bicyclic) bond motifs is 1. The summed E-state index contributed by atoms with van der Waals surface area (Å²) in [6.07, 6.45) is 5.31. The second-order valence-corrected chi connectivity index (χ2v) is 5.49. The lowest BCUT2D eigenvalue weighted by Gasteiger charge is -2.12. The van der Waals surface area contributed by atoms with Gasteiger partial charge in [0.1, 0.15) is 12.1 Å². The zero-order valence-corrected chi connectivity index (χ0v) is 12.0. The normalized spacial score (nSPS) is 14.4. The molecule has 7 nitrogen and oxygen atoms in total. The lowest BCUT2D eigenvalue weighted by molar-refractivity contribution is 0.897. The van der Waals surface area contributed by atoms with Gasteiger partial charge in [-0.2, -0.15) is 4.98 Å². The van der Waals surface area contributed by atoms with Crippen molar-refractivity contribution in [2.24, 2.45) is 0 Å². The van der Waals surface area contributed by atoms with Crippen LogP contribution in [0.2, 0.25) is 0 Å². The molecule has 0 amide bonds. The minimum Gasteiger partial charge on any atom is -0.383 e. The van der Waals surface area contributed by atoms with Crippen molar-refractivity contribution >= 4 is 16.9 Å². The van der Waals surface area contributed by atoms with E-state index in [2.05, 4.69) is 19.9 Å². The molecule has 0 bridgehead atoms. The summed E-state index contributed by atoms with van der Waals surface area (Å²) in [6, 6.07) is 3.84. The second-order valence-electron chi connectivity index (χ2n) is 5.49. The van der Waals surface area contributed by atoms with Crippen LogP contribution in [0.5, 0.6) is 0 Å². The van der Waals surface area contributed by atoms with Crippen LogP contribution in [0.1, 0.15) is 30.1 Å². The van der Waals surface area contributed by atoms with Crippen LogP contribution in [0.15, 0.2) is 29.5 Å². The number of anilines is 1. The van der Waals surface area contributed by atoms with Gasteiger partial charge in [0.05, 0.1) is 23.0 Å². The zero-order valence-electron chi connectivity index (χ0n) is 12.0. The standard InChI is InChI=1S/C15H14N6O/c1-8-12(6-17-7-18-8)21-14-10(13(16)20-15(21)22)4-5-11(19-14)9-2-3-9/h4-7,9H,2-3H2,1H3,(H2,16,20,22). The Morgan fingerprint density at radius 1 is 1.27 bits per heavy atom. The molecule has 0 aliphatic heterocycles. The van der Waals surface area contributed by atoms with E-state index in [1.165, 1.54) is 10.9 Å². The van der Waals surface area contributed by atoms with Gasteiger partial charge in [0, 0.05) is 11.6 Å². The number of pyridine rings is 1. The molecule has 3 aromatic heterocycles. The highest BCUT2D eigenvalue weighted by Crippen LogP contribution is 2.39. The predicted molar refractivity (Wildman–Crippen MR) is 81.8 cm³/mol. The van der Waals surface area contributed by atoms with Crippen molar-refractivity contribution in [3.05, 3.63) is 46.5 Å². The summed E-state index contributed by atoms with van der Waals surface area (Å²) in [6.45, 7) is 1.82. The average Bonchev–Trinajstić information content (AvgIpc) is 3.33. The second kappa shape index (κ2) is 4.59. The van der Waals surface area contributed by atoms with E-state index in [0.717, 1.165) is 18.5 Å². The molecule has 3 aromatic rings. The molecule has 0 atom stereocenters. The number of hydrogen-bond donors (Lipinski definition) is 1. The van der Waals surface area contributed by atoms with Gasteiger partial charge in [-0.15, -0.1) is 0 Å². The molecule has 3 heterocycles. The predicted octanol–water partition coefficient (Wildman–Crippen LogP) is 1.34.